The SMILES string of the molecule is CCCC(C)(C)Cc1cc2nc3ccccc3sc-2cc1=Nc1cc(S(=O)(=O)O)ccc1S(=O)(=O)O. The Morgan fingerprint density at radius 3 is 2.36 bits per heavy atom. The predicted molar refractivity (Wildman–Crippen MR) is 140 cm³/mol. The summed E-state index contributed by atoms with van der Waals surface area (Å²) < 4.78 is 67.7. The van der Waals surface area contributed by atoms with Gasteiger partial charge in [-0.1, -0.05) is 39.3 Å². The number of fused-ring (bicyclic) bond motifs is 2. The Bertz CT molecular complexity index is 1710. The molecule has 0 saturated carbocycles. The normalized spacial score (nSPS) is 13.5. The molecule has 0 fully saturated rings. The first kappa shape index (κ1) is 26.4. The lowest BCUT2D eigenvalue weighted by atomic mass is 9.81. The highest BCUT2D eigenvalue weighted by Gasteiger charge is 2.22. The van der Waals surface area contributed by atoms with Crippen molar-refractivity contribution in [1.29, 1.82) is 0 Å². The van der Waals surface area contributed by atoms with Crippen LogP contribution in [0.5, 0.6) is 0 Å². The third-order valence-electron chi connectivity index (χ3n) is 5.83. The molecule has 2 aromatic rings. The summed E-state index contributed by atoms with van der Waals surface area (Å²) >= 11 is 1.50. The maximum atomic E-state index is 12.0. The minimum absolute atomic E-state index is 0.102. The van der Waals surface area contributed by atoms with Crippen LogP contribution in [-0.2, 0) is 26.7 Å². The van der Waals surface area contributed by atoms with Crippen molar-refractivity contribution in [3.05, 3.63) is 65.5 Å². The van der Waals surface area contributed by atoms with E-state index < -0.39 is 30.0 Å². The lowest BCUT2D eigenvalue weighted by molar-refractivity contribution is 0.328. The summed E-state index contributed by atoms with van der Waals surface area (Å²) in [4.78, 5) is 9.02. The van der Waals surface area contributed by atoms with Crippen molar-refractivity contribution in [2.24, 2.45) is 10.4 Å². The first-order valence-corrected chi connectivity index (χ1v) is 14.9. The summed E-state index contributed by atoms with van der Waals surface area (Å²) in [7, 11) is -9.35. The predicted octanol–water partition coefficient (Wildman–Crippen LogP) is 5.50. The number of para-hydroxylation sites is 1. The van der Waals surface area contributed by atoms with Gasteiger partial charge in [-0.15, -0.1) is 11.3 Å². The van der Waals surface area contributed by atoms with Crippen molar-refractivity contribution < 1.29 is 25.9 Å². The fraction of sp³-hybridized carbons (Fsp3) is 0.280. The van der Waals surface area contributed by atoms with Crippen LogP contribution in [0.25, 0.3) is 20.8 Å². The Balaban J connectivity index is 2.06. The lowest BCUT2D eigenvalue weighted by Crippen LogP contribution is -2.21. The van der Waals surface area contributed by atoms with E-state index in [-0.39, 0.29) is 11.1 Å². The van der Waals surface area contributed by atoms with Crippen LogP contribution in [0.4, 0.5) is 5.69 Å². The van der Waals surface area contributed by atoms with Gasteiger partial charge < -0.3 is 0 Å². The van der Waals surface area contributed by atoms with Crippen molar-refractivity contribution in [1.82, 2.24) is 4.98 Å². The maximum Gasteiger partial charge on any atom is 0.296 e. The molecule has 2 aliphatic rings. The highest BCUT2D eigenvalue weighted by molar-refractivity contribution is 7.86. The third-order valence-corrected chi connectivity index (χ3v) is 8.69. The fourth-order valence-electron chi connectivity index (χ4n) is 4.27. The van der Waals surface area contributed by atoms with E-state index in [2.05, 4.69) is 25.8 Å². The second kappa shape index (κ2) is 9.64. The Labute approximate surface area is 214 Å². The van der Waals surface area contributed by atoms with Crippen molar-refractivity contribution in [3.8, 4) is 10.6 Å². The minimum Gasteiger partial charge on any atom is -0.282 e. The molecule has 36 heavy (non-hydrogen) atoms. The molecule has 0 unspecified atom stereocenters. The molecular weight excluding hydrogens is 520 g/mol. The molecule has 0 amide bonds. The lowest BCUT2D eigenvalue weighted by Gasteiger charge is -2.24. The number of hydrogen-bond acceptors (Lipinski definition) is 7. The van der Waals surface area contributed by atoms with Gasteiger partial charge in [-0.25, -0.2) is 9.98 Å². The molecule has 8 nitrogen and oxygen atoms in total. The topological polar surface area (TPSA) is 134 Å². The van der Waals surface area contributed by atoms with E-state index in [9.17, 15) is 25.9 Å². The molecule has 4 rings (SSSR count). The first-order chi connectivity index (χ1) is 16.8. The van der Waals surface area contributed by atoms with E-state index in [0.29, 0.717) is 11.8 Å². The molecule has 0 radical (unpaired) electrons. The number of rotatable bonds is 7. The molecule has 1 aliphatic carbocycles. The summed E-state index contributed by atoms with van der Waals surface area (Å²) in [6.07, 6.45) is 2.52. The van der Waals surface area contributed by atoms with Gasteiger partial charge in [0.2, 0.25) is 0 Å². The van der Waals surface area contributed by atoms with Crippen molar-refractivity contribution in [3.63, 3.8) is 0 Å². The average Bonchev–Trinajstić information content (AvgIpc) is 2.76. The second-order valence-electron chi connectivity index (χ2n) is 9.41. The van der Waals surface area contributed by atoms with E-state index >= 15 is 0 Å². The second-order valence-corrected chi connectivity index (χ2v) is 13.3. The van der Waals surface area contributed by atoms with Crippen LogP contribution in [0.15, 0.2) is 69.4 Å². The van der Waals surface area contributed by atoms with Crippen LogP contribution < -0.4 is 5.36 Å². The monoisotopic (exact) mass is 546 g/mol. The van der Waals surface area contributed by atoms with E-state index in [4.69, 9.17) is 4.98 Å². The number of nitrogens with zero attached hydrogens (tertiary/aromatic N) is 2. The molecule has 2 aromatic carbocycles. The Kier molecular flexibility index (Phi) is 7.06. The van der Waals surface area contributed by atoms with E-state index in [1.165, 1.54) is 11.3 Å². The summed E-state index contributed by atoms with van der Waals surface area (Å²) in [5.41, 5.74) is 2.03. The average molecular weight is 547 g/mol. The zero-order valence-corrected chi connectivity index (χ0v) is 22.4. The standard InChI is InChI=1S/C25H26N2O6S3/c1-4-11-25(2,3)15-16-12-20-23(34-22-8-6-5-7-18(22)26-20)14-19(16)27-21-13-17(35(28,29)30)9-10-24(21)36(31,32)33/h5-10,12-14H,4,11,15H2,1-3H3,(H,28,29,30)(H,31,32,33). The molecule has 11 heteroatoms. The van der Waals surface area contributed by atoms with Gasteiger partial charge in [0.05, 0.1) is 36.7 Å². The van der Waals surface area contributed by atoms with Crippen LogP contribution in [0.3, 0.4) is 0 Å². The van der Waals surface area contributed by atoms with Gasteiger partial charge in [-0.2, -0.15) is 16.8 Å². The summed E-state index contributed by atoms with van der Waals surface area (Å²) in [5.74, 6) is 0. The maximum absolute atomic E-state index is 12.0. The van der Waals surface area contributed by atoms with Crippen molar-refractivity contribution in [2.75, 3.05) is 0 Å². The van der Waals surface area contributed by atoms with Crippen LogP contribution >= 0.6 is 11.3 Å². The molecule has 1 heterocycles. The molecule has 190 valence electrons. The smallest absolute Gasteiger partial charge is 0.282 e. The molecule has 0 aromatic heterocycles. The van der Waals surface area contributed by atoms with Gasteiger partial charge in [0.25, 0.3) is 20.2 Å². The number of benzene rings is 3. The van der Waals surface area contributed by atoms with Gasteiger partial charge in [0.15, 0.2) is 0 Å². The molecule has 1 aliphatic heterocycles. The van der Waals surface area contributed by atoms with Gasteiger partial charge in [-0.05, 0) is 66.3 Å². The van der Waals surface area contributed by atoms with Gasteiger partial charge in [0, 0.05) is 0 Å². The van der Waals surface area contributed by atoms with Crippen molar-refractivity contribution in [2.45, 2.75) is 49.8 Å². The first-order valence-electron chi connectivity index (χ1n) is 11.2. The molecule has 0 spiro atoms. The summed E-state index contributed by atoms with van der Waals surface area (Å²) in [6, 6.07) is 14.2. The van der Waals surface area contributed by atoms with Crippen LogP contribution in [0, 0.1) is 5.41 Å². The molecule has 0 saturated heterocycles. The molecule has 0 bridgehead atoms. The Morgan fingerprint density at radius 2 is 1.69 bits per heavy atom. The number of aromatic nitrogens is 1. The van der Waals surface area contributed by atoms with Crippen LogP contribution in [0.2, 0.25) is 0 Å². The Morgan fingerprint density at radius 1 is 0.972 bits per heavy atom. The Hall–Kier alpha value is -2.70. The van der Waals surface area contributed by atoms with Gasteiger partial charge >= 0.3 is 0 Å². The molecular formula is C25H26N2O6S3. The van der Waals surface area contributed by atoms with Crippen LogP contribution in [0.1, 0.15) is 39.2 Å². The van der Waals surface area contributed by atoms with Gasteiger partial charge in [-0.3, -0.25) is 9.11 Å². The van der Waals surface area contributed by atoms with Crippen LogP contribution in [-0.4, -0.2) is 30.9 Å². The zero-order valence-electron chi connectivity index (χ0n) is 20.0. The summed E-state index contributed by atoms with van der Waals surface area (Å²) in [5, 5.41) is 0.428. The largest absolute Gasteiger partial charge is 0.296 e. The minimum atomic E-state index is -4.72. The van der Waals surface area contributed by atoms with Crippen molar-refractivity contribution >= 4 is 47.5 Å². The third kappa shape index (κ3) is 5.81. The number of hydrogen-bond donors (Lipinski definition) is 2. The van der Waals surface area contributed by atoms with E-state index in [1.54, 1.807) is 6.07 Å². The highest BCUT2D eigenvalue weighted by atomic mass is 32.2. The summed E-state index contributed by atoms with van der Waals surface area (Å²) in [6.45, 7) is 6.36. The van der Waals surface area contributed by atoms with E-state index in [0.717, 1.165) is 57.4 Å². The highest BCUT2D eigenvalue weighted by Crippen LogP contribution is 2.33. The van der Waals surface area contributed by atoms with E-state index in [1.807, 2.05) is 30.3 Å². The molecule has 2 N–H and O–H groups in total. The fourth-order valence-corrected chi connectivity index (χ4v) is 6.36. The molecule has 0 atom stereocenters. The zero-order chi connectivity index (χ0) is 26.3. The quantitative estimate of drug-likeness (QED) is 0.231. The van der Waals surface area contributed by atoms with Gasteiger partial charge in [0.1, 0.15) is 4.90 Å².